The number of aromatic hydroxyl groups is 2. The van der Waals surface area contributed by atoms with Gasteiger partial charge in [-0.15, -0.1) is 0 Å². The maximum Gasteiger partial charge on any atom is 0.257 e. The number of hydrogen-bond acceptors (Lipinski definition) is 4. The van der Waals surface area contributed by atoms with Crippen molar-refractivity contribution in [3.05, 3.63) is 53.6 Å². The number of amides is 1. The number of nitrogens with zero attached hydrogens (tertiary/aromatic N) is 1. The Morgan fingerprint density at radius 2 is 1.80 bits per heavy atom. The molecule has 2 aromatic rings. The second kappa shape index (κ2) is 5.52. The van der Waals surface area contributed by atoms with Gasteiger partial charge < -0.3 is 20.8 Å². The average Bonchev–Trinajstić information content (AvgIpc) is 2.43. The molecule has 2 aromatic carbocycles. The summed E-state index contributed by atoms with van der Waals surface area (Å²) in [6.07, 6.45) is 0. The van der Waals surface area contributed by atoms with E-state index in [0.717, 1.165) is 5.56 Å². The molecule has 0 saturated heterocycles. The van der Waals surface area contributed by atoms with Gasteiger partial charge in [0.05, 0.1) is 5.56 Å². The second-order valence-electron chi connectivity index (χ2n) is 4.58. The van der Waals surface area contributed by atoms with Crippen molar-refractivity contribution in [3.8, 4) is 11.5 Å². The van der Waals surface area contributed by atoms with Gasteiger partial charge in [-0.3, -0.25) is 4.79 Å². The molecule has 0 unspecified atom stereocenters. The van der Waals surface area contributed by atoms with Gasteiger partial charge in [0.1, 0.15) is 0 Å². The first kappa shape index (κ1) is 13.7. The van der Waals surface area contributed by atoms with Crippen LogP contribution in [0, 0.1) is 0 Å². The van der Waals surface area contributed by atoms with Crippen molar-refractivity contribution in [3.63, 3.8) is 0 Å². The fourth-order valence-electron chi connectivity index (χ4n) is 1.88. The molecule has 0 atom stereocenters. The first-order valence-electron chi connectivity index (χ1n) is 6.10. The quantitative estimate of drug-likeness (QED) is 0.588. The van der Waals surface area contributed by atoms with Gasteiger partial charge in [-0.1, -0.05) is 18.2 Å². The maximum atomic E-state index is 12.2. The molecule has 0 bridgehead atoms. The maximum absolute atomic E-state index is 12.2. The Bertz CT molecular complexity index is 624. The summed E-state index contributed by atoms with van der Waals surface area (Å²) in [5.74, 6) is -1.08. The van der Waals surface area contributed by atoms with Crippen LogP contribution in [0.2, 0.25) is 0 Å². The van der Waals surface area contributed by atoms with Gasteiger partial charge in [0.15, 0.2) is 11.5 Å². The molecule has 20 heavy (non-hydrogen) atoms. The number of para-hydroxylation sites is 1. The topological polar surface area (TPSA) is 86.8 Å². The molecule has 5 nitrogen and oxygen atoms in total. The number of phenols is 2. The summed E-state index contributed by atoms with van der Waals surface area (Å²) >= 11 is 0. The van der Waals surface area contributed by atoms with E-state index in [2.05, 4.69) is 0 Å². The van der Waals surface area contributed by atoms with Crippen molar-refractivity contribution in [2.24, 2.45) is 0 Å². The van der Waals surface area contributed by atoms with Crippen LogP contribution in [-0.2, 0) is 6.54 Å². The summed E-state index contributed by atoms with van der Waals surface area (Å²) in [7, 11) is 1.63. The van der Waals surface area contributed by atoms with Crippen LogP contribution in [0.4, 0.5) is 5.69 Å². The third-order valence-electron chi connectivity index (χ3n) is 2.99. The molecule has 0 radical (unpaired) electrons. The highest BCUT2D eigenvalue weighted by molar-refractivity contribution is 5.97. The Morgan fingerprint density at radius 1 is 1.15 bits per heavy atom. The third-order valence-corrected chi connectivity index (χ3v) is 2.99. The Balaban J connectivity index is 2.16. The molecule has 2 rings (SSSR count). The normalized spacial score (nSPS) is 10.2. The molecular weight excluding hydrogens is 256 g/mol. The lowest BCUT2D eigenvalue weighted by Gasteiger charge is -2.18. The first-order chi connectivity index (χ1) is 9.49. The third kappa shape index (κ3) is 2.83. The Hall–Kier alpha value is -2.69. The van der Waals surface area contributed by atoms with Crippen molar-refractivity contribution in [1.29, 1.82) is 0 Å². The Kier molecular flexibility index (Phi) is 3.79. The molecule has 0 saturated carbocycles. The summed E-state index contributed by atoms with van der Waals surface area (Å²) in [4.78, 5) is 13.7. The van der Waals surface area contributed by atoms with Gasteiger partial charge in [0.2, 0.25) is 0 Å². The van der Waals surface area contributed by atoms with E-state index in [1.54, 1.807) is 19.2 Å². The summed E-state index contributed by atoms with van der Waals surface area (Å²) in [6.45, 7) is 0.383. The molecule has 0 heterocycles. The smallest absolute Gasteiger partial charge is 0.257 e. The van der Waals surface area contributed by atoms with E-state index in [-0.39, 0.29) is 17.2 Å². The van der Waals surface area contributed by atoms with Crippen molar-refractivity contribution < 1.29 is 15.0 Å². The minimum atomic E-state index is -0.401. The number of hydrogen-bond donors (Lipinski definition) is 3. The van der Waals surface area contributed by atoms with Crippen LogP contribution in [0.3, 0.4) is 0 Å². The minimum Gasteiger partial charge on any atom is -0.504 e. The standard InChI is InChI=1S/C15H16N2O3/c1-17(9-10-5-7-11(16)8-6-10)15(20)12-3-2-4-13(18)14(12)19/h2-8,18-19H,9,16H2,1H3. The largest absolute Gasteiger partial charge is 0.504 e. The van der Waals surface area contributed by atoms with E-state index < -0.39 is 5.75 Å². The molecule has 5 heteroatoms. The van der Waals surface area contributed by atoms with Crippen LogP contribution < -0.4 is 5.73 Å². The number of rotatable bonds is 3. The van der Waals surface area contributed by atoms with Crippen LogP contribution in [-0.4, -0.2) is 28.1 Å². The molecule has 0 spiro atoms. The van der Waals surface area contributed by atoms with Crippen LogP contribution >= 0.6 is 0 Å². The summed E-state index contributed by atoms with van der Waals surface area (Å²) < 4.78 is 0. The van der Waals surface area contributed by atoms with Crippen LogP contribution in [0.15, 0.2) is 42.5 Å². The van der Waals surface area contributed by atoms with Gasteiger partial charge in [-0.05, 0) is 29.8 Å². The number of phenolic OH excluding ortho intramolecular Hbond substituents is 2. The SMILES string of the molecule is CN(Cc1ccc(N)cc1)C(=O)c1cccc(O)c1O. The molecule has 1 amide bonds. The lowest BCUT2D eigenvalue weighted by Crippen LogP contribution is -2.26. The van der Waals surface area contributed by atoms with Gasteiger partial charge in [-0.25, -0.2) is 0 Å². The van der Waals surface area contributed by atoms with Crippen LogP contribution in [0.5, 0.6) is 11.5 Å². The lowest BCUT2D eigenvalue weighted by molar-refractivity contribution is 0.0781. The van der Waals surface area contributed by atoms with E-state index in [9.17, 15) is 15.0 Å². The number of benzene rings is 2. The van der Waals surface area contributed by atoms with Gasteiger partial charge >= 0.3 is 0 Å². The zero-order chi connectivity index (χ0) is 14.7. The van der Waals surface area contributed by atoms with Gasteiger partial charge in [-0.2, -0.15) is 0 Å². The van der Waals surface area contributed by atoms with Crippen molar-refractivity contribution in [2.75, 3.05) is 12.8 Å². The van der Waals surface area contributed by atoms with E-state index in [1.807, 2.05) is 12.1 Å². The highest BCUT2D eigenvalue weighted by atomic mass is 16.3. The monoisotopic (exact) mass is 272 g/mol. The Labute approximate surface area is 116 Å². The molecular formula is C15H16N2O3. The number of nitrogens with two attached hydrogens (primary N) is 1. The summed E-state index contributed by atoms with van der Waals surface area (Å²) in [5, 5.41) is 19.1. The summed E-state index contributed by atoms with van der Waals surface area (Å²) in [6, 6.07) is 11.5. The average molecular weight is 272 g/mol. The lowest BCUT2D eigenvalue weighted by atomic mass is 10.1. The first-order valence-corrected chi connectivity index (χ1v) is 6.10. The molecule has 4 N–H and O–H groups in total. The highest BCUT2D eigenvalue weighted by Crippen LogP contribution is 2.29. The van der Waals surface area contributed by atoms with E-state index in [4.69, 9.17) is 5.73 Å². The predicted octanol–water partition coefficient (Wildman–Crippen LogP) is 1.95. The molecule has 104 valence electrons. The molecule has 0 fully saturated rings. The van der Waals surface area contributed by atoms with E-state index in [0.29, 0.717) is 12.2 Å². The number of anilines is 1. The zero-order valence-electron chi connectivity index (χ0n) is 11.1. The molecule has 0 aliphatic carbocycles. The number of carbonyl (C=O) groups is 1. The molecule has 0 aliphatic heterocycles. The predicted molar refractivity (Wildman–Crippen MR) is 76.4 cm³/mol. The van der Waals surface area contributed by atoms with Crippen molar-refractivity contribution in [1.82, 2.24) is 4.90 Å². The van der Waals surface area contributed by atoms with E-state index in [1.165, 1.54) is 23.1 Å². The minimum absolute atomic E-state index is 0.0722. The molecule has 0 aromatic heterocycles. The zero-order valence-corrected chi connectivity index (χ0v) is 11.1. The van der Waals surface area contributed by atoms with E-state index >= 15 is 0 Å². The second-order valence-corrected chi connectivity index (χ2v) is 4.58. The fourth-order valence-corrected chi connectivity index (χ4v) is 1.88. The highest BCUT2D eigenvalue weighted by Gasteiger charge is 2.17. The fraction of sp³-hybridized carbons (Fsp3) is 0.133. The van der Waals surface area contributed by atoms with Crippen molar-refractivity contribution >= 4 is 11.6 Å². The van der Waals surface area contributed by atoms with Crippen LogP contribution in [0.1, 0.15) is 15.9 Å². The van der Waals surface area contributed by atoms with Crippen LogP contribution in [0.25, 0.3) is 0 Å². The number of carbonyl (C=O) groups excluding carboxylic acids is 1. The summed E-state index contributed by atoms with van der Waals surface area (Å²) in [5.41, 5.74) is 7.26. The Morgan fingerprint density at radius 3 is 2.45 bits per heavy atom. The number of nitrogen functional groups attached to an aromatic ring is 1. The molecule has 0 aliphatic rings. The van der Waals surface area contributed by atoms with Crippen molar-refractivity contribution in [2.45, 2.75) is 6.54 Å². The van der Waals surface area contributed by atoms with Gasteiger partial charge in [0.25, 0.3) is 5.91 Å². The van der Waals surface area contributed by atoms with Gasteiger partial charge in [0, 0.05) is 19.3 Å².